The average molecular weight is 181 g/mol. The van der Waals surface area contributed by atoms with E-state index in [4.69, 9.17) is 0 Å². The average Bonchev–Trinajstić information content (AvgIpc) is 2.43. The molecule has 0 spiro atoms. The van der Waals surface area contributed by atoms with Crippen molar-refractivity contribution in [2.24, 2.45) is 0 Å². The van der Waals surface area contributed by atoms with Crippen LogP contribution in [0, 0.1) is 0 Å². The minimum Gasteiger partial charge on any atom is -0.308 e. The first-order valence-electron chi connectivity index (χ1n) is 4.19. The summed E-state index contributed by atoms with van der Waals surface area (Å²) >= 11 is 0. The molecule has 0 radical (unpaired) electrons. The lowest BCUT2D eigenvalue weighted by atomic mass is 10.6. The summed E-state index contributed by atoms with van der Waals surface area (Å²) in [5.41, 5.74) is -0.0307. The Bertz CT molecular complexity index is 335. The van der Waals surface area contributed by atoms with Crippen LogP contribution in [0.2, 0.25) is 0 Å². The molecule has 1 aromatic rings. The maximum absolute atomic E-state index is 11.4. The Morgan fingerprint density at radius 3 is 2.69 bits per heavy atom. The first-order chi connectivity index (χ1) is 6.15. The van der Waals surface area contributed by atoms with Crippen molar-refractivity contribution in [3.05, 3.63) is 29.5 Å². The lowest BCUT2D eigenvalue weighted by molar-refractivity contribution is 0.381. The van der Waals surface area contributed by atoms with E-state index in [9.17, 15) is 4.79 Å². The van der Waals surface area contributed by atoms with Crippen molar-refractivity contribution in [3.63, 3.8) is 0 Å². The van der Waals surface area contributed by atoms with Crippen molar-refractivity contribution in [2.45, 2.75) is 6.54 Å². The summed E-state index contributed by atoms with van der Waals surface area (Å²) in [5.74, 6) is 0. The van der Waals surface area contributed by atoms with E-state index in [2.05, 4.69) is 6.58 Å². The second kappa shape index (κ2) is 4.09. The highest BCUT2D eigenvalue weighted by atomic mass is 16.1. The fraction of sp³-hybridized carbons (Fsp3) is 0.444. The smallest absolute Gasteiger partial charge is 0.308 e. The molecule has 0 saturated heterocycles. The lowest BCUT2D eigenvalue weighted by Crippen LogP contribution is -2.26. The van der Waals surface area contributed by atoms with Gasteiger partial charge >= 0.3 is 5.69 Å². The Balaban J connectivity index is 2.73. The maximum Gasteiger partial charge on any atom is 0.332 e. The second-order valence-electron chi connectivity index (χ2n) is 3.17. The van der Waals surface area contributed by atoms with Crippen LogP contribution in [0.1, 0.15) is 0 Å². The molecule has 0 aliphatic carbocycles. The topological polar surface area (TPSA) is 30.2 Å². The Morgan fingerprint density at radius 1 is 1.54 bits per heavy atom. The SMILES string of the molecule is C=Cn1ccn(CCN(C)C)c1=O. The molecule has 0 fully saturated rings. The van der Waals surface area contributed by atoms with Crippen molar-refractivity contribution in [2.75, 3.05) is 20.6 Å². The number of hydrogen-bond donors (Lipinski definition) is 0. The summed E-state index contributed by atoms with van der Waals surface area (Å²) in [6, 6.07) is 0. The third kappa shape index (κ3) is 2.32. The summed E-state index contributed by atoms with van der Waals surface area (Å²) in [6.07, 6.45) is 4.99. The molecule has 0 aliphatic rings. The van der Waals surface area contributed by atoms with Crippen LogP contribution in [0.4, 0.5) is 0 Å². The molecule has 0 atom stereocenters. The number of rotatable bonds is 4. The van der Waals surface area contributed by atoms with Crippen LogP contribution in [0.15, 0.2) is 23.8 Å². The molecule has 0 unspecified atom stereocenters. The lowest BCUT2D eigenvalue weighted by Gasteiger charge is -2.08. The van der Waals surface area contributed by atoms with Gasteiger partial charge in [-0.1, -0.05) is 6.58 Å². The monoisotopic (exact) mass is 181 g/mol. The molecule has 1 rings (SSSR count). The van der Waals surface area contributed by atoms with Crippen LogP contribution in [0.5, 0.6) is 0 Å². The fourth-order valence-corrected chi connectivity index (χ4v) is 1.05. The molecule has 4 nitrogen and oxygen atoms in total. The zero-order valence-electron chi connectivity index (χ0n) is 8.10. The molecule has 1 heterocycles. The summed E-state index contributed by atoms with van der Waals surface area (Å²) in [6.45, 7) is 5.12. The van der Waals surface area contributed by atoms with Gasteiger partial charge in [-0.2, -0.15) is 0 Å². The Morgan fingerprint density at radius 2 is 2.23 bits per heavy atom. The molecule has 4 heteroatoms. The van der Waals surface area contributed by atoms with Crippen LogP contribution < -0.4 is 5.69 Å². The van der Waals surface area contributed by atoms with E-state index in [1.165, 1.54) is 10.8 Å². The standard InChI is InChI=1S/C9H15N3O/c1-4-11-7-8-12(9(11)13)6-5-10(2)3/h4,7-8H,1,5-6H2,2-3H3. The molecule has 0 bridgehead atoms. The second-order valence-corrected chi connectivity index (χ2v) is 3.17. The van der Waals surface area contributed by atoms with Crippen molar-refractivity contribution < 1.29 is 0 Å². The van der Waals surface area contributed by atoms with Crippen molar-refractivity contribution >= 4 is 6.20 Å². The van der Waals surface area contributed by atoms with Crippen LogP contribution in [0.25, 0.3) is 6.20 Å². The highest BCUT2D eigenvalue weighted by Gasteiger charge is 1.99. The molecule has 0 aromatic carbocycles. The number of imidazole rings is 1. The Labute approximate surface area is 77.7 Å². The van der Waals surface area contributed by atoms with E-state index in [1.807, 2.05) is 19.0 Å². The third-order valence-corrected chi connectivity index (χ3v) is 1.86. The number of hydrogen-bond acceptors (Lipinski definition) is 2. The molecular formula is C9H15N3O. The van der Waals surface area contributed by atoms with Crippen LogP contribution in [0.3, 0.4) is 0 Å². The van der Waals surface area contributed by atoms with Gasteiger partial charge in [-0.05, 0) is 14.1 Å². The highest BCUT2D eigenvalue weighted by Crippen LogP contribution is 1.86. The van der Waals surface area contributed by atoms with Gasteiger partial charge in [-0.25, -0.2) is 4.79 Å². The van der Waals surface area contributed by atoms with E-state index in [0.29, 0.717) is 6.54 Å². The molecule has 0 aliphatic heterocycles. The number of likely N-dealkylation sites (N-methyl/N-ethyl adjacent to an activating group) is 1. The van der Waals surface area contributed by atoms with E-state index in [1.54, 1.807) is 17.0 Å². The molecule has 0 saturated carbocycles. The number of nitrogens with zero attached hydrogens (tertiary/aromatic N) is 3. The minimum atomic E-state index is -0.0307. The van der Waals surface area contributed by atoms with Crippen LogP contribution >= 0.6 is 0 Å². The predicted molar refractivity (Wildman–Crippen MR) is 53.6 cm³/mol. The molecule has 0 amide bonds. The van der Waals surface area contributed by atoms with Crippen molar-refractivity contribution in [1.82, 2.24) is 14.0 Å². The van der Waals surface area contributed by atoms with E-state index < -0.39 is 0 Å². The first-order valence-corrected chi connectivity index (χ1v) is 4.19. The zero-order chi connectivity index (χ0) is 9.84. The largest absolute Gasteiger partial charge is 0.332 e. The van der Waals surface area contributed by atoms with Crippen molar-refractivity contribution in [1.29, 1.82) is 0 Å². The molecular weight excluding hydrogens is 166 g/mol. The van der Waals surface area contributed by atoms with Crippen LogP contribution in [-0.2, 0) is 6.54 Å². The Hall–Kier alpha value is -1.29. The zero-order valence-corrected chi connectivity index (χ0v) is 8.10. The van der Waals surface area contributed by atoms with Crippen molar-refractivity contribution in [3.8, 4) is 0 Å². The van der Waals surface area contributed by atoms with Gasteiger partial charge in [0.2, 0.25) is 0 Å². The van der Waals surface area contributed by atoms with Gasteiger partial charge < -0.3 is 4.90 Å². The molecule has 1 aromatic heterocycles. The highest BCUT2D eigenvalue weighted by molar-refractivity contribution is 5.15. The van der Waals surface area contributed by atoms with Gasteiger partial charge in [0.15, 0.2) is 0 Å². The van der Waals surface area contributed by atoms with Gasteiger partial charge in [0.1, 0.15) is 0 Å². The summed E-state index contributed by atoms with van der Waals surface area (Å²) < 4.78 is 3.14. The van der Waals surface area contributed by atoms with E-state index in [-0.39, 0.29) is 5.69 Å². The molecule has 13 heavy (non-hydrogen) atoms. The first kappa shape index (κ1) is 9.80. The summed E-state index contributed by atoms with van der Waals surface area (Å²) in [5, 5.41) is 0. The minimum absolute atomic E-state index is 0.0307. The summed E-state index contributed by atoms with van der Waals surface area (Å²) in [7, 11) is 3.96. The van der Waals surface area contributed by atoms with E-state index >= 15 is 0 Å². The Kier molecular flexibility index (Phi) is 3.08. The maximum atomic E-state index is 11.4. The fourth-order valence-electron chi connectivity index (χ4n) is 1.05. The van der Waals surface area contributed by atoms with Gasteiger partial charge in [-0.15, -0.1) is 0 Å². The summed E-state index contributed by atoms with van der Waals surface area (Å²) in [4.78, 5) is 13.5. The van der Waals surface area contributed by atoms with Crippen LogP contribution in [-0.4, -0.2) is 34.7 Å². The predicted octanol–water partition coefficient (Wildman–Crippen LogP) is 0.312. The van der Waals surface area contributed by atoms with Gasteiger partial charge in [-0.3, -0.25) is 9.13 Å². The van der Waals surface area contributed by atoms with Gasteiger partial charge in [0.05, 0.1) is 0 Å². The van der Waals surface area contributed by atoms with E-state index in [0.717, 1.165) is 6.54 Å². The van der Waals surface area contributed by atoms with Gasteiger partial charge in [0.25, 0.3) is 0 Å². The molecule has 72 valence electrons. The molecule has 0 N–H and O–H groups in total. The third-order valence-electron chi connectivity index (χ3n) is 1.86. The normalized spacial score (nSPS) is 10.7. The number of aromatic nitrogens is 2. The van der Waals surface area contributed by atoms with Gasteiger partial charge in [0, 0.05) is 31.7 Å². The quantitative estimate of drug-likeness (QED) is 0.669.